The number of aromatic nitrogens is 4. The monoisotopic (exact) mass is 308 g/mol. The first-order valence-electron chi connectivity index (χ1n) is 6.67. The van der Waals surface area contributed by atoms with Crippen molar-refractivity contribution in [3.05, 3.63) is 35.2 Å². The largest absolute Gasteiger partial charge is 0.318 e. The number of carbonyl (C=O) groups is 1. The first kappa shape index (κ1) is 15.4. The van der Waals surface area contributed by atoms with Gasteiger partial charge >= 0.3 is 0 Å². The van der Waals surface area contributed by atoms with Crippen LogP contribution >= 0.6 is 12.4 Å². The van der Waals surface area contributed by atoms with E-state index < -0.39 is 0 Å². The van der Waals surface area contributed by atoms with Crippen molar-refractivity contribution in [1.82, 2.24) is 25.5 Å². The first-order valence-corrected chi connectivity index (χ1v) is 6.67. The predicted molar refractivity (Wildman–Crippen MR) is 80.6 cm³/mol. The Hall–Kier alpha value is -1.99. The smallest absolute Gasteiger partial charge is 0.276 e. The molecule has 0 bridgehead atoms. The molecule has 0 aliphatic carbocycles. The molecule has 0 aromatic carbocycles. The topological polar surface area (TPSA) is 95.6 Å². The van der Waals surface area contributed by atoms with Crippen LogP contribution in [0.2, 0.25) is 0 Å². The summed E-state index contributed by atoms with van der Waals surface area (Å²) >= 11 is 0. The molecule has 3 N–H and O–H groups in total. The van der Waals surface area contributed by atoms with Crippen LogP contribution in [-0.2, 0) is 19.4 Å². The third-order valence-corrected chi connectivity index (χ3v) is 3.30. The van der Waals surface area contributed by atoms with Crippen molar-refractivity contribution in [2.24, 2.45) is 0 Å². The summed E-state index contributed by atoms with van der Waals surface area (Å²) in [7, 11) is 0. The number of anilines is 1. The second-order valence-corrected chi connectivity index (χ2v) is 4.65. The molecule has 112 valence electrons. The van der Waals surface area contributed by atoms with Gasteiger partial charge in [0, 0.05) is 37.2 Å². The lowest BCUT2D eigenvalue weighted by atomic mass is 10.1. The maximum absolute atomic E-state index is 12.2. The van der Waals surface area contributed by atoms with Crippen LogP contribution in [0.4, 0.5) is 5.69 Å². The lowest BCUT2D eigenvalue weighted by Crippen LogP contribution is -2.25. The molecule has 0 saturated heterocycles. The van der Waals surface area contributed by atoms with Crippen molar-refractivity contribution < 1.29 is 4.79 Å². The minimum Gasteiger partial charge on any atom is -0.318 e. The zero-order valence-corrected chi connectivity index (χ0v) is 12.5. The second kappa shape index (κ2) is 6.64. The van der Waals surface area contributed by atoms with E-state index in [1.54, 1.807) is 12.4 Å². The van der Waals surface area contributed by atoms with Gasteiger partial charge in [-0.25, -0.2) is 9.97 Å². The van der Waals surface area contributed by atoms with Gasteiger partial charge in [-0.2, -0.15) is 5.10 Å². The number of fused-ring (bicyclic) bond motifs is 1. The third kappa shape index (κ3) is 3.20. The van der Waals surface area contributed by atoms with Gasteiger partial charge in [0.1, 0.15) is 5.82 Å². The van der Waals surface area contributed by atoms with Gasteiger partial charge in [0.25, 0.3) is 5.91 Å². The number of H-pyrrole nitrogens is 1. The summed E-state index contributed by atoms with van der Waals surface area (Å²) in [5, 5.41) is 13.0. The Balaban J connectivity index is 0.00000161. The Morgan fingerprint density at radius 1 is 1.38 bits per heavy atom. The number of amides is 1. The summed E-state index contributed by atoms with van der Waals surface area (Å²) in [6, 6.07) is 0. The van der Waals surface area contributed by atoms with E-state index in [2.05, 4.69) is 30.8 Å². The van der Waals surface area contributed by atoms with E-state index in [-0.39, 0.29) is 18.3 Å². The summed E-state index contributed by atoms with van der Waals surface area (Å²) in [5.74, 6) is 0.517. The Bertz CT molecular complexity index is 624. The molecule has 0 fully saturated rings. The van der Waals surface area contributed by atoms with Crippen LogP contribution in [0.25, 0.3) is 0 Å². The molecule has 1 aliphatic rings. The van der Waals surface area contributed by atoms with Crippen LogP contribution < -0.4 is 10.6 Å². The molecule has 0 atom stereocenters. The normalized spacial score (nSPS) is 13.2. The predicted octanol–water partition coefficient (Wildman–Crippen LogP) is 1.08. The van der Waals surface area contributed by atoms with Gasteiger partial charge in [0.05, 0.1) is 18.1 Å². The van der Waals surface area contributed by atoms with Gasteiger partial charge in [0.15, 0.2) is 5.69 Å². The van der Waals surface area contributed by atoms with Crippen LogP contribution in [0.15, 0.2) is 12.4 Å². The van der Waals surface area contributed by atoms with Crippen LogP contribution in [0.3, 0.4) is 0 Å². The Labute approximate surface area is 128 Å². The van der Waals surface area contributed by atoms with Crippen molar-refractivity contribution in [3.63, 3.8) is 0 Å². The number of nitrogens with zero attached hydrogens (tertiary/aromatic N) is 3. The van der Waals surface area contributed by atoms with E-state index in [4.69, 9.17) is 0 Å². The minimum absolute atomic E-state index is 0. The number of hydrogen-bond donors (Lipinski definition) is 3. The number of nitrogens with one attached hydrogen (secondary N) is 3. The molecule has 3 rings (SSSR count). The lowest BCUT2D eigenvalue weighted by molar-refractivity contribution is 0.102. The van der Waals surface area contributed by atoms with Crippen molar-refractivity contribution in [1.29, 1.82) is 0 Å². The van der Waals surface area contributed by atoms with Gasteiger partial charge in [-0.1, -0.05) is 6.92 Å². The third-order valence-electron chi connectivity index (χ3n) is 3.30. The average molecular weight is 309 g/mol. The fourth-order valence-corrected chi connectivity index (χ4v) is 2.21. The van der Waals surface area contributed by atoms with Crippen molar-refractivity contribution >= 4 is 24.0 Å². The number of rotatable bonds is 3. The summed E-state index contributed by atoms with van der Waals surface area (Å²) in [6.45, 7) is 3.55. The number of carbonyl (C=O) groups excluding carboxylic acids is 1. The molecule has 1 amide bonds. The first-order chi connectivity index (χ1) is 9.78. The van der Waals surface area contributed by atoms with Gasteiger partial charge in [-0.15, -0.1) is 12.4 Å². The number of aromatic amines is 1. The highest BCUT2D eigenvalue weighted by Crippen LogP contribution is 2.16. The molecule has 3 heterocycles. The van der Waals surface area contributed by atoms with E-state index in [9.17, 15) is 4.79 Å². The molecule has 8 heteroatoms. The summed E-state index contributed by atoms with van der Waals surface area (Å²) in [4.78, 5) is 20.5. The summed E-state index contributed by atoms with van der Waals surface area (Å²) in [5.41, 5.74) is 2.99. The van der Waals surface area contributed by atoms with Gasteiger partial charge in [0.2, 0.25) is 0 Å². The molecule has 2 aromatic heterocycles. The number of hydrogen-bond acceptors (Lipinski definition) is 5. The minimum atomic E-state index is -0.237. The highest BCUT2D eigenvalue weighted by molar-refractivity contribution is 6.03. The maximum Gasteiger partial charge on any atom is 0.276 e. The van der Waals surface area contributed by atoms with Crippen molar-refractivity contribution in [2.75, 3.05) is 11.9 Å². The van der Waals surface area contributed by atoms with Gasteiger partial charge < -0.3 is 10.6 Å². The quantitative estimate of drug-likeness (QED) is 0.788. The van der Waals surface area contributed by atoms with Crippen molar-refractivity contribution in [2.45, 2.75) is 26.3 Å². The van der Waals surface area contributed by atoms with E-state index in [1.807, 2.05) is 6.92 Å². The summed E-state index contributed by atoms with van der Waals surface area (Å²) < 4.78 is 0. The maximum atomic E-state index is 12.2. The Morgan fingerprint density at radius 2 is 2.14 bits per heavy atom. The molecular weight excluding hydrogens is 292 g/mol. The highest BCUT2D eigenvalue weighted by Gasteiger charge is 2.21. The van der Waals surface area contributed by atoms with E-state index >= 15 is 0 Å². The average Bonchev–Trinajstić information content (AvgIpc) is 2.92. The Morgan fingerprint density at radius 3 is 2.86 bits per heavy atom. The van der Waals surface area contributed by atoms with E-state index in [0.29, 0.717) is 17.9 Å². The molecule has 1 aliphatic heterocycles. The van der Waals surface area contributed by atoms with Crippen LogP contribution in [-0.4, -0.2) is 32.6 Å². The standard InChI is InChI=1S/C13H16N6O.ClH/c1-2-11-15-5-8(6-16-11)17-13(20)12-9-7-14-4-3-10(9)18-19-12;/h5-6,14H,2-4,7H2,1H3,(H,17,20)(H,18,19);1H. The number of aryl methyl sites for hydroxylation is 1. The molecular formula is C13H17ClN6O. The van der Waals surface area contributed by atoms with Crippen LogP contribution in [0.5, 0.6) is 0 Å². The van der Waals surface area contributed by atoms with E-state index in [0.717, 1.165) is 36.5 Å². The van der Waals surface area contributed by atoms with Crippen molar-refractivity contribution in [3.8, 4) is 0 Å². The molecule has 0 unspecified atom stereocenters. The molecule has 0 spiro atoms. The fourth-order valence-electron chi connectivity index (χ4n) is 2.21. The van der Waals surface area contributed by atoms with Crippen LogP contribution in [0, 0.1) is 0 Å². The van der Waals surface area contributed by atoms with Crippen LogP contribution in [0.1, 0.15) is 34.5 Å². The molecule has 21 heavy (non-hydrogen) atoms. The summed E-state index contributed by atoms with van der Waals surface area (Å²) in [6.07, 6.45) is 4.86. The fraction of sp³-hybridized carbons (Fsp3) is 0.385. The zero-order valence-electron chi connectivity index (χ0n) is 11.6. The molecule has 0 radical (unpaired) electrons. The Kier molecular flexibility index (Phi) is 4.87. The molecule has 7 nitrogen and oxygen atoms in total. The zero-order chi connectivity index (χ0) is 13.9. The van der Waals surface area contributed by atoms with Gasteiger partial charge in [-0.3, -0.25) is 9.89 Å². The SMILES string of the molecule is CCc1ncc(NC(=O)c2n[nH]c3c2CNCC3)cn1.Cl. The highest BCUT2D eigenvalue weighted by atomic mass is 35.5. The second-order valence-electron chi connectivity index (χ2n) is 4.65. The molecule has 0 saturated carbocycles. The lowest BCUT2D eigenvalue weighted by Gasteiger charge is -2.12. The molecule has 2 aromatic rings. The number of halogens is 1. The van der Waals surface area contributed by atoms with E-state index in [1.165, 1.54) is 0 Å². The van der Waals surface area contributed by atoms with Gasteiger partial charge in [-0.05, 0) is 0 Å².